The molecule has 0 atom stereocenters. The minimum absolute atomic E-state index is 0.0261. The van der Waals surface area contributed by atoms with Gasteiger partial charge in [-0.25, -0.2) is 0 Å². The molecule has 4 heteroatoms. The number of aryl methyl sites for hydroxylation is 1. The quantitative estimate of drug-likeness (QED) is 0.749. The summed E-state index contributed by atoms with van der Waals surface area (Å²) in [5, 5.41) is 8.48. The van der Waals surface area contributed by atoms with Crippen LogP contribution in [0.5, 0.6) is 11.5 Å². The van der Waals surface area contributed by atoms with Crippen LogP contribution in [-0.4, -0.2) is 12.4 Å². The number of Topliss-reactive ketones (excluding diaryl/α,β-unsaturated/α-hetero) is 1. The molecule has 0 saturated heterocycles. The lowest BCUT2D eigenvalue weighted by Gasteiger charge is -2.06. The summed E-state index contributed by atoms with van der Waals surface area (Å²) in [5.41, 5.74) is 2.22. The zero-order valence-corrected chi connectivity index (χ0v) is 10.5. The summed E-state index contributed by atoms with van der Waals surface area (Å²) in [6.45, 7) is 5.47. The van der Waals surface area contributed by atoms with Gasteiger partial charge in [-0.3, -0.25) is 4.79 Å². The third-order valence-electron chi connectivity index (χ3n) is 2.68. The standard InChI is InChI=1S/C14H13NO3/c1-8(2)14-13(16)12-9(3)6-10(17-5-4-15)7-11(12)18-14/h6-7H,5H2,1-3H3. The number of carbonyl (C=O) groups excluding carboxylic acids is 1. The van der Waals surface area contributed by atoms with Crippen LogP contribution in [0.4, 0.5) is 0 Å². The van der Waals surface area contributed by atoms with Gasteiger partial charge in [0.25, 0.3) is 0 Å². The summed E-state index contributed by atoms with van der Waals surface area (Å²) in [5.74, 6) is 1.33. The highest BCUT2D eigenvalue weighted by molar-refractivity contribution is 6.13. The fourth-order valence-electron chi connectivity index (χ4n) is 1.89. The molecule has 18 heavy (non-hydrogen) atoms. The van der Waals surface area contributed by atoms with Gasteiger partial charge in [-0.05, 0) is 38.0 Å². The largest absolute Gasteiger partial charge is 0.479 e. The first-order valence-corrected chi connectivity index (χ1v) is 5.59. The Balaban J connectivity index is 2.45. The van der Waals surface area contributed by atoms with Gasteiger partial charge < -0.3 is 9.47 Å². The Kier molecular flexibility index (Phi) is 3.07. The second kappa shape index (κ2) is 4.53. The maximum atomic E-state index is 12.1. The molecule has 0 spiro atoms. The van der Waals surface area contributed by atoms with Gasteiger partial charge in [0.05, 0.1) is 5.56 Å². The second-order valence-corrected chi connectivity index (χ2v) is 4.32. The van der Waals surface area contributed by atoms with Gasteiger partial charge in [0.2, 0.25) is 5.78 Å². The van der Waals surface area contributed by atoms with E-state index in [2.05, 4.69) is 0 Å². The third-order valence-corrected chi connectivity index (χ3v) is 2.68. The van der Waals surface area contributed by atoms with Crippen LogP contribution in [0.25, 0.3) is 0 Å². The average Bonchev–Trinajstić information content (AvgIpc) is 2.64. The molecule has 0 amide bonds. The molecule has 0 radical (unpaired) electrons. The zero-order valence-electron chi connectivity index (χ0n) is 10.5. The zero-order chi connectivity index (χ0) is 13.3. The number of hydrogen-bond acceptors (Lipinski definition) is 4. The van der Waals surface area contributed by atoms with E-state index >= 15 is 0 Å². The summed E-state index contributed by atoms with van der Waals surface area (Å²) < 4.78 is 10.8. The van der Waals surface area contributed by atoms with E-state index in [4.69, 9.17) is 14.7 Å². The predicted octanol–water partition coefficient (Wildman–Crippen LogP) is 2.77. The van der Waals surface area contributed by atoms with Crippen LogP contribution in [0.1, 0.15) is 29.8 Å². The minimum Gasteiger partial charge on any atom is -0.479 e. The predicted molar refractivity (Wildman–Crippen MR) is 65.6 cm³/mol. The number of fused-ring (bicyclic) bond motifs is 1. The molecule has 1 aromatic carbocycles. The van der Waals surface area contributed by atoms with E-state index in [9.17, 15) is 4.79 Å². The van der Waals surface area contributed by atoms with Crippen molar-refractivity contribution in [3.8, 4) is 17.6 Å². The maximum absolute atomic E-state index is 12.1. The molecule has 0 fully saturated rings. The lowest BCUT2D eigenvalue weighted by Crippen LogP contribution is -2.01. The Bertz CT molecular complexity index is 590. The lowest BCUT2D eigenvalue weighted by molar-refractivity contribution is 0.101. The third kappa shape index (κ3) is 1.95. The van der Waals surface area contributed by atoms with Crippen molar-refractivity contribution in [2.45, 2.75) is 20.8 Å². The number of ether oxygens (including phenoxy) is 2. The summed E-state index contributed by atoms with van der Waals surface area (Å²) >= 11 is 0. The molecule has 0 unspecified atom stereocenters. The van der Waals surface area contributed by atoms with E-state index in [1.165, 1.54) is 0 Å². The number of carbonyl (C=O) groups is 1. The highest BCUT2D eigenvalue weighted by Crippen LogP contribution is 2.37. The molecule has 0 aromatic heterocycles. The van der Waals surface area contributed by atoms with Crippen molar-refractivity contribution in [2.75, 3.05) is 6.61 Å². The molecule has 0 bridgehead atoms. The Morgan fingerprint density at radius 2 is 2.17 bits per heavy atom. The van der Waals surface area contributed by atoms with Crippen molar-refractivity contribution in [1.29, 1.82) is 5.26 Å². The number of nitriles is 1. The fourth-order valence-corrected chi connectivity index (χ4v) is 1.89. The summed E-state index contributed by atoms with van der Waals surface area (Å²) in [4.78, 5) is 12.1. The molecule has 0 aliphatic carbocycles. The molecule has 4 nitrogen and oxygen atoms in total. The van der Waals surface area contributed by atoms with Gasteiger partial charge in [0.1, 0.15) is 17.6 Å². The average molecular weight is 243 g/mol. The topological polar surface area (TPSA) is 59.3 Å². The number of benzene rings is 1. The van der Waals surface area contributed by atoms with Crippen LogP contribution in [0, 0.1) is 18.3 Å². The number of ketones is 1. The number of allylic oxidation sites excluding steroid dienone is 2. The molecular weight excluding hydrogens is 230 g/mol. The fraction of sp³-hybridized carbons (Fsp3) is 0.286. The SMILES string of the molecule is CC(C)=C1Oc2cc(OCC#N)cc(C)c2C1=O. The number of nitrogens with zero attached hydrogens (tertiary/aromatic N) is 1. The van der Waals surface area contributed by atoms with Crippen LogP contribution in [0.3, 0.4) is 0 Å². The molecule has 1 heterocycles. The number of rotatable bonds is 2. The van der Waals surface area contributed by atoms with E-state index < -0.39 is 0 Å². The van der Waals surface area contributed by atoms with Gasteiger partial charge >= 0.3 is 0 Å². The summed E-state index contributed by atoms with van der Waals surface area (Å²) in [6, 6.07) is 5.29. The molecule has 1 aliphatic rings. The Morgan fingerprint density at radius 1 is 1.44 bits per heavy atom. The van der Waals surface area contributed by atoms with E-state index in [0.29, 0.717) is 22.8 Å². The van der Waals surface area contributed by atoms with E-state index in [-0.39, 0.29) is 12.4 Å². The van der Waals surface area contributed by atoms with Crippen molar-refractivity contribution in [3.63, 3.8) is 0 Å². The highest BCUT2D eigenvalue weighted by Gasteiger charge is 2.30. The lowest BCUT2D eigenvalue weighted by atomic mass is 10.0. The Hall–Kier alpha value is -2.28. The number of hydrogen-bond donors (Lipinski definition) is 0. The summed E-state index contributed by atoms with van der Waals surface area (Å²) in [7, 11) is 0. The van der Waals surface area contributed by atoms with Crippen molar-refractivity contribution in [1.82, 2.24) is 0 Å². The smallest absolute Gasteiger partial charge is 0.232 e. The van der Waals surface area contributed by atoms with Gasteiger partial charge in [-0.2, -0.15) is 5.26 Å². The van der Waals surface area contributed by atoms with E-state index in [1.54, 1.807) is 12.1 Å². The Morgan fingerprint density at radius 3 is 2.78 bits per heavy atom. The van der Waals surface area contributed by atoms with Crippen molar-refractivity contribution in [2.24, 2.45) is 0 Å². The molecule has 1 aromatic rings. The van der Waals surface area contributed by atoms with Gasteiger partial charge in [-0.15, -0.1) is 0 Å². The van der Waals surface area contributed by atoms with Gasteiger partial charge in [-0.1, -0.05) is 0 Å². The maximum Gasteiger partial charge on any atom is 0.232 e. The molecule has 2 rings (SSSR count). The first-order valence-electron chi connectivity index (χ1n) is 5.59. The van der Waals surface area contributed by atoms with E-state index in [1.807, 2.05) is 26.8 Å². The van der Waals surface area contributed by atoms with Crippen LogP contribution >= 0.6 is 0 Å². The molecule has 0 saturated carbocycles. The van der Waals surface area contributed by atoms with Crippen LogP contribution in [0.15, 0.2) is 23.5 Å². The second-order valence-electron chi connectivity index (χ2n) is 4.32. The van der Waals surface area contributed by atoms with Crippen molar-refractivity contribution in [3.05, 3.63) is 34.6 Å². The molecule has 92 valence electrons. The first kappa shape index (κ1) is 12.2. The van der Waals surface area contributed by atoms with Crippen molar-refractivity contribution < 1.29 is 14.3 Å². The molecule has 0 N–H and O–H groups in total. The first-order chi connectivity index (χ1) is 8.54. The van der Waals surface area contributed by atoms with Gasteiger partial charge in [0.15, 0.2) is 12.4 Å². The highest BCUT2D eigenvalue weighted by atomic mass is 16.5. The van der Waals surface area contributed by atoms with Crippen LogP contribution in [0.2, 0.25) is 0 Å². The summed E-state index contributed by atoms with van der Waals surface area (Å²) in [6.07, 6.45) is 0. The van der Waals surface area contributed by atoms with Crippen LogP contribution in [-0.2, 0) is 0 Å². The normalized spacial score (nSPS) is 12.8. The molecular formula is C14H13NO3. The monoisotopic (exact) mass is 243 g/mol. The van der Waals surface area contributed by atoms with E-state index in [0.717, 1.165) is 11.1 Å². The van der Waals surface area contributed by atoms with Gasteiger partial charge in [0, 0.05) is 6.07 Å². The molecule has 1 aliphatic heterocycles. The van der Waals surface area contributed by atoms with Crippen molar-refractivity contribution >= 4 is 5.78 Å². The Labute approximate surface area is 105 Å². The van der Waals surface area contributed by atoms with Crippen LogP contribution < -0.4 is 9.47 Å². The minimum atomic E-state index is -0.0886.